The number of carbonyl (C=O) groups excluding carboxylic acids is 1. The highest BCUT2D eigenvalue weighted by atomic mass is 32.2. The molecule has 0 spiro atoms. The molecule has 0 amide bonds. The van der Waals surface area contributed by atoms with E-state index in [0.29, 0.717) is 6.42 Å². The summed E-state index contributed by atoms with van der Waals surface area (Å²) in [5.74, 6) is 0.267. The molecule has 0 N–H and O–H groups in total. The minimum atomic E-state index is -2.91. The summed E-state index contributed by atoms with van der Waals surface area (Å²) in [6.45, 7) is 0. The summed E-state index contributed by atoms with van der Waals surface area (Å²) < 4.78 is 22.2. The first kappa shape index (κ1) is 10.5. The predicted molar refractivity (Wildman–Crippen MR) is 57.2 cm³/mol. The van der Waals surface area contributed by atoms with E-state index in [2.05, 4.69) is 0 Å². The van der Waals surface area contributed by atoms with Gasteiger partial charge >= 0.3 is 0 Å². The summed E-state index contributed by atoms with van der Waals surface area (Å²) in [4.78, 5) is 12.0. The van der Waals surface area contributed by atoms with Crippen molar-refractivity contribution in [2.75, 3.05) is 17.8 Å². The van der Waals surface area contributed by atoms with E-state index in [0.717, 1.165) is 12.8 Å². The van der Waals surface area contributed by atoms with Gasteiger partial charge < -0.3 is 0 Å². The molecule has 2 fully saturated rings. The largest absolute Gasteiger partial charge is 0.298 e. The van der Waals surface area contributed by atoms with Crippen LogP contribution in [0.3, 0.4) is 0 Å². The van der Waals surface area contributed by atoms with Crippen molar-refractivity contribution in [3.63, 3.8) is 0 Å². The summed E-state index contributed by atoms with van der Waals surface area (Å²) in [7, 11) is -2.91. The number of sulfone groups is 1. The van der Waals surface area contributed by atoms with E-state index in [-0.39, 0.29) is 28.0 Å². The lowest BCUT2D eigenvalue weighted by Gasteiger charge is -2.14. The molecule has 14 heavy (non-hydrogen) atoms. The van der Waals surface area contributed by atoms with Crippen LogP contribution in [0.5, 0.6) is 0 Å². The zero-order valence-electron chi connectivity index (χ0n) is 8.15. The Morgan fingerprint density at radius 3 is 2.43 bits per heavy atom. The molecule has 5 heteroatoms. The fourth-order valence-electron chi connectivity index (χ4n) is 2.04. The minimum Gasteiger partial charge on any atom is -0.298 e. The summed E-state index contributed by atoms with van der Waals surface area (Å²) in [5, 5.41) is 0. The normalized spacial score (nSPS) is 32.8. The second-order valence-corrected chi connectivity index (χ2v) is 7.58. The molecule has 1 aliphatic heterocycles. The van der Waals surface area contributed by atoms with Crippen molar-refractivity contribution in [2.45, 2.75) is 24.0 Å². The second kappa shape index (κ2) is 3.23. The first-order chi connectivity index (χ1) is 6.49. The number of ketones is 1. The van der Waals surface area contributed by atoms with E-state index in [1.165, 1.54) is 0 Å². The minimum absolute atomic E-state index is 0.0914. The van der Waals surface area contributed by atoms with Crippen LogP contribution in [0, 0.1) is 5.92 Å². The van der Waals surface area contributed by atoms with Gasteiger partial charge in [-0.1, -0.05) is 0 Å². The molecule has 0 radical (unpaired) electrons. The van der Waals surface area contributed by atoms with Gasteiger partial charge in [0.1, 0.15) is 0 Å². The Hall–Kier alpha value is -0.0300. The molecule has 1 saturated heterocycles. The van der Waals surface area contributed by atoms with Crippen LogP contribution in [0.2, 0.25) is 0 Å². The zero-order chi connectivity index (χ0) is 10.4. The van der Waals surface area contributed by atoms with Crippen LogP contribution in [-0.2, 0) is 14.6 Å². The van der Waals surface area contributed by atoms with Gasteiger partial charge in [-0.25, -0.2) is 8.42 Å². The molecule has 0 aromatic carbocycles. The third kappa shape index (κ3) is 1.72. The lowest BCUT2D eigenvalue weighted by molar-refractivity contribution is -0.122. The SMILES string of the molecule is CSC1(C(=O)C2CCS(=O)(=O)C2)CC1. The van der Waals surface area contributed by atoms with Gasteiger partial charge in [-0.3, -0.25) is 4.79 Å². The van der Waals surface area contributed by atoms with Crippen LogP contribution < -0.4 is 0 Å². The van der Waals surface area contributed by atoms with Gasteiger partial charge in [0, 0.05) is 5.92 Å². The monoisotopic (exact) mass is 234 g/mol. The van der Waals surface area contributed by atoms with E-state index in [9.17, 15) is 13.2 Å². The van der Waals surface area contributed by atoms with Crippen LogP contribution in [0.15, 0.2) is 0 Å². The molecule has 2 rings (SSSR count). The molecular formula is C9H14O3S2. The maximum Gasteiger partial charge on any atom is 0.152 e. The lowest BCUT2D eigenvalue weighted by Crippen LogP contribution is -2.28. The van der Waals surface area contributed by atoms with Crippen LogP contribution >= 0.6 is 11.8 Å². The summed E-state index contributed by atoms with van der Waals surface area (Å²) in [6.07, 6.45) is 4.35. The highest BCUT2D eigenvalue weighted by molar-refractivity contribution is 8.01. The molecule has 0 aromatic rings. The smallest absolute Gasteiger partial charge is 0.152 e. The Morgan fingerprint density at radius 1 is 1.43 bits per heavy atom. The quantitative estimate of drug-likeness (QED) is 0.727. The third-order valence-corrected chi connectivity index (χ3v) is 6.31. The molecule has 2 aliphatic rings. The van der Waals surface area contributed by atoms with Gasteiger partial charge in [0.25, 0.3) is 0 Å². The number of hydrogen-bond donors (Lipinski definition) is 0. The van der Waals surface area contributed by atoms with E-state index >= 15 is 0 Å². The van der Waals surface area contributed by atoms with E-state index in [1.807, 2.05) is 6.26 Å². The van der Waals surface area contributed by atoms with Crippen LogP contribution in [0.4, 0.5) is 0 Å². The van der Waals surface area contributed by atoms with E-state index in [4.69, 9.17) is 0 Å². The summed E-state index contributed by atoms with van der Waals surface area (Å²) in [6, 6.07) is 0. The maximum atomic E-state index is 12.0. The van der Waals surface area contributed by atoms with Crippen molar-refractivity contribution in [1.82, 2.24) is 0 Å². The standard InChI is InChI=1S/C9H14O3S2/c1-13-9(3-4-9)8(10)7-2-5-14(11,12)6-7/h7H,2-6H2,1H3. The molecule has 0 aromatic heterocycles. The highest BCUT2D eigenvalue weighted by Crippen LogP contribution is 2.50. The van der Waals surface area contributed by atoms with E-state index in [1.54, 1.807) is 11.8 Å². The fourth-order valence-corrected chi connectivity index (χ4v) is 4.66. The number of carbonyl (C=O) groups is 1. The Morgan fingerprint density at radius 2 is 2.07 bits per heavy atom. The van der Waals surface area contributed by atoms with Gasteiger partial charge in [0.15, 0.2) is 15.6 Å². The molecule has 1 aliphatic carbocycles. The van der Waals surface area contributed by atoms with E-state index < -0.39 is 9.84 Å². The third-order valence-electron chi connectivity index (χ3n) is 3.15. The molecule has 0 bridgehead atoms. The zero-order valence-corrected chi connectivity index (χ0v) is 9.79. The highest BCUT2D eigenvalue weighted by Gasteiger charge is 2.52. The molecule has 80 valence electrons. The van der Waals surface area contributed by atoms with Crippen LogP contribution in [-0.4, -0.2) is 36.7 Å². The summed E-state index contributed by atoms with van der Waals surface area (Å²) in [5.41, 5.74) is 0. The first-order valence-corrected chi connectivity index (χ1v) is 7.84. The number of thioether (sulfide) groups is 1. The second-order valence-electron chi connectivity index (χ2n) is 4.16. The van der Waals surface area contributed by atoms with Crippen molar-refractivity contribution >= 4 is 27.4 Å². The van der Waals surface area contributed by atoms with Gasteiger partial charge in [0.2, 0.25) is 0 Å². The maximum absolute atomic E-state index is 12.0. The topological polar surface area (TPSA) is 51.2 Å². The number of hydrogen-bond acceptors (Lipinski definition) is 4. The van der Waals surface area contributed by atoms with Gasteiger partial charge in [-0.05, 0) is 25.5 Å². The van der Waals surface area contributed by atoms with Gasteiger partial charge in [0.05, 0.1) is 16.3 Å². The Bertz CT molecular complexity index is 354. The van der Waals surface area contributed by atoms with Crippen LogP contribution in [0.1, 0.15) is 19.3 Å². The molecule has 1 saturated carbocycles. The predicted octanol–water partition coefficient (Wildman–Crippen LogP) is 0.886. The molecule has 1 unspecified atom stereocenters. The molecule has 3 nitrogen and oxygen atoms in total. The average Bonchev–Trinajstić information content (AvgIpc) is 2.85. The van der Waals surface area contributed by atoms with Crippen molar-refractivity contribution in [3.05, 3.63) is 0 Å². The Balaban J connectivity index is 2.08. The number of Topliss-reactive ketones (excluding diaryl/α,β-unsaturated/α-hetero) is 1. The Kier molecular flexibility index (Phi) is 2.42. The Labute approximate surface area is 88.6 Å². The van der Waals surface area contributed by atoms with Crippen molar-refractivity contribution in [1.29, 1.82) is 0 Å². The first-order valence-electron chi connectivity index (χ1n) is 4.79. The number of rotatable bonds is 3. The fraction of sp³-hybridized carbons (Fsp3) is 0.889. The molecular weight excluding hydrogens is 220 g/mol. The molecule has 1 atom stereocenters. The molecule has 1 heterocycles. The van der Waals surface area contributed by atoms with Crippen LogP contribution in [0.25, 0.3) is 0 Å². The van der Waals surface area contributed by atoms with Crippen molar-refractivity contribution in [2.24, 2.45) is 5.92 Å². The lowest BCUT2D eigenvalue weighted by atomic mass is 10.00. The van der Waals surface area contributed by atoms with Crippen molar-refractivity contribution in [3.8, 4) is 0 Å². The average molecular weight is 234 g/mol. The van der Waals surface area contributed by atoms with Gasteiger partial charge in [-0.15, -0.1) is 0 Å². The van der Waals surface area contributed by atoms with Crippen molar-refractivity contribution < 1.29 is 13.2 Å². The van der Waals surface area contributed by atoms with Gasteiger partial charge in [-0.2, -0.15) is 11.8 Å². The summed E-state index contributed by atoms with van der Waals surface area (Å²) >= 11 is 1.59.